The molecule has 0 spiro atoms. The predicted octanol–water partition coefficient (Wildman–Crippen LogP) is 2.49. The molecule has 0 saturated heterocycles. The highest BCUT2D eigenvalue weighted by molar-refractivity contribution is 6.32. The van der Waals surface area contributed by atoms with E-state index in [1.54, 1.807) is 25.3 Å². The van der Waals surface area contributed by atoms with E-state index in [1.165, 1.54) is 0 Å². The highest BCUT2D eigenvalue weighted by Gasteiger charge is 2.03. The van der Waals surface area contributed by atoms with Crippen molar-refractivity contribution in [2.75, 3.05) is 19.0 Å². The standard InChI is InChI=1S/C10H14ClNO2/c1-7(6-14-2)12-8-3-4-10(13)9(11)5-8/h3-5,7,12-13H,6H2,1-2H3. The van der Waals surface area contributed by atoms with E-state index in [2.05, 4.69) is 5.32 Å². The summed E-state index contributed by atoms with van der Waals surface area (Å²) in [6.07, 6.45) is 0. The number of phenols is 1. The number of halogens is 1. The Balaban J connectivity index is 2.63. The molecule has 0 saturated carbocycles. The lowest BCUT2D eigenvalue weighted by molar-refractivity contribution is 0.190. The Bertz CT molecular complexity index is 304. The van der Waals surface area contributed by atoms with Crippen LogP contribution in [0, 0.1) is 0 Å². The van der Waals surface area contributed by atoms with Gasteiger partial charge in [0.15, 0.2) is 0 Å². The molecule has 0 aliphatic heterocycles. The number of ether oxygens (including phenoxy) is 1. The number of methoxy groups -OCH3 is 1. The normalized spacial score (nSPS) is 12.5. The summed E-state index contributed by atoms with van der Waals surface area (Å²) in [5.74, 6) is 0.0941. The number of hydrogen-bond acceptors (Lipinski definition) is 3. The zero-order valence-corrected chi connectivity index (χ0v) is 9.01. The van der Waals surface area contributed by atoms with E-state index >= 15 is 0 Å². The quantitative estimate of drug-likeness (QED) is 0.759. The minimum absolute atomic E-state index is 0.0941. The van der Waals surface area contributed by atoms with Gasteiger partial charge >= 0.3 is 0 Å². The first kappa shape index (κ1) is 11.1. The van der Waals surface area contributed by atoms with Crippen LogP contribution in [0.5, 0.6) is 5.75 Å². The van der Waals surface area contributed by atoms with Crippen LogP contribution < -0.4 is 5.32 Å². The van der Waals surface area contributed by atoms with Crippen LogP contribution in [-0.4, -0.2) is 24.9 Å². The molecule has 0 aliphatic rings. The number of benzene rings is 1. The largest absolute Gasteiger partial charge is 0.506 e. The maximum atomic E-state index is 9.20. The van der Waals surface area contributed by atoms with E-state index in [0.29, 0.717) is 11.6 Å². The summed E-state index contributed by atoms with van der Waals surface area (Å²) in [6.45, 7) is 2.63. The van der Waals surface area contributed by atoms with Gasteiger partial charge in [0.05, 0.1) is 11.6 Å². The van der Waals surface area contributed by atoms with Crippen molar-refractivity contribution in [1.82, 2.24) is 0 Å². The summed E-state index contributed by atoms with van der Waals surface area (Å²) in [5.41, 5.74) is 0.873. The molecule has 14 heavy (non-hydrogen) atoms. The molecule has 1 aromatic carbocycles. The Morgan fingerprint density at radius 3 is 2.86 bits per heavy atom. The Kier molecular flexibility index (Phi) is 4.04. The Morgan fingerprint density at radius 1 is 1.57 bits per heavy atom. The summed E-state index contributed by atoms with van der Waals surface area (Å²) in [4.78, 5) is 0. The number of hydrogen-bond donors (Lipinski definition) is 2. The Labute approximate surface area is 88.7 Å². The van der Waals surface area contributed by atoms with Gasteiger partial charge in [-0.2, -0.15) is 0 Å². The SMILES string of the molecule is COCC(C)Nc1ccc(O)c(Cl)c1. The number of rotatable bonds is 4. The van der Waals surface area contributed by atoms with Crippen LogP contribution in [0.3, 0.4) is 0 Å². The fraction of sp³-hybridized carbons (Fsp3) is 0.400. The molecule has 0 aliphatic carbocycles. The van der Waals surface area contributed by atoms with Gasteiger partial charge in [-0.3, -0.25) is 0 Å². The lowest BCUT2D eigenvalue weighted by Crippen LogP contribution is -2.20. The minimum Gasteiger partial charge on any atom is -0.506 e. The molecule has 0 radical (unpaired) electrons. The number of nitrogens with one attached hydrogen (secondary N) is 1. The zero-order valence-electron chi connectivity index (χ0n) is 8.25. The minimum atomic E-state index is 0.0941. The van der Waals surface area contributed by atoms with E-state index in [1.807, 2.05) is 6.92 Å². The lowest BCUT2D eigenvalue weighted by Gasteiger charge is -2.14. The third kappa shape index (κ3) is 3.09. The van der Waals surface area contributed by atoms with Gasteiger partial charge in [-0.15, -0.1) is 0 Å². The van der Waals surface area contributed by atoms with Crippen LogP contribution in [0.15, 0.2) is 18.2 Å². The fourth-order valence-electron chi connectivity index (χ4n) is 1.17. The predicted molar refractivity (Wildman–Crippen MR) is 58.1 cm³/mol. The summed E-state index contributed by atoms with van der Waals surface area (Å²) in [5, 5.41) is 12.7. The highest BCUT2D eigenvalue weighted by Crippen LogP contribution is 2.26. The molecular weight excluding hydrogens is 202 g/mol. The van der Waals surface area contributed by atoms with Gasteiger partial charge in [0.2, 0.25) is 0 Å². The summed E-state index contributed by atoms with van der Waals surface area (Å²) >= 11 is 5.75. The molecule has 0 amide bonds. The molecule has 1 rings (SSSR count). The Hall–Kier alpha value is -0.930. The van der Waals surface area contributed by atoms with Crippen molar-refractivity contribution in [1.29, 1.82) is 0 Å². The van der Waals surface area contributed by atoms with Crippen molar-refractivity contribution in [2.45, 2.75) is 13.0 Å². The lowest BCUT2D eigenvalue weighted by atomic mass is 10.2. The third-order valence-corrected chi connectivity index (χ3v) is 2.08. The topological polar surface area (TPSA) is 41.5 Å². The molecule has 4 heteroatoms. The number of aromatic hydroxyl groups is 1. The van der Waals surface area contributed by atoms with Gasteiger partial charge in [0.25, 0.3) is 0 Å². The maximum absolute atomic E-state index is 9.20. The molecule has 3 nitrogen and oxygen atoms in total. The summed E-state index contributed by atoms with van der Waals surface area (Å²) in [6, 6.07) is 5.22. The van der Waals surface area contributed by atoms with Crippen LogP contribution in [0.1, 0.15) is 6.92 Å². The summed E-state index contributed by atoms with van der Waals surface area (Å²) in [7, 11) is 1.65. The van der Waals surface area contributed by atoms with Crippen molar-refractivity contribution in [3.05, 3.63) is 23.2 Å². The third-order valence-electron chi connectivity index (χ3n) is 1.78. The number of anilines is 1. The van der Waals surface area contributed by atoms with E-state index in [-0.39, 0.29) is 11.8 Å². The van der Waals surface area contributed by atoms with Crippen LogP contribution in [0.2, 0.25) is 5.02 Å². The van der Waals surface area contributed by atoms with Crippen molar-refractivity contribution < 1.29 is 9.84 Å². The van der Waals surface area contributed by atoms with Gasteiger partial charge in [-0.25, -0.2) is 0 Å². The average molecular weight is 216 g/mol. The van der Waals surface area contributed by atoms with Crippen molar-refractivity contribution in [3.63, 3.8) is 0 Å². The smallest absolute Gasteiger partial charge is 0.134 e. The number of phenolic OH excluding ortho intramolecular Hbond substituents is 1. The van der Waals surface area contributed by atoms with E-state index in [4.69, 9.17) is 16.3 Å². The second kappa shape index (κ2) is 5.08. The van der Waals surface area contributed by atoms with Gasteiger partial charge in [-0.05, 0) is 25.1 Å². The van der Waals surface area contributed by atoms with Crippen molar-refractivity contribution in [2.24, 2.45) is 0 Å². The van der Waals surface area contributed by atoms with Gasteiger partial charge in [0.1, 0.15) is 5.75 Å². The first-order chi connectivity index (χ1) is 6.63. The molecular formula is C10H14ClNO2. The molecule has 1 atom stereocenters. The first-order valence-electron chi connectivity index (χ1n) is 4.37. The summed E-state index contributed by atoms with van der Waals surface area (Å²) < 4.78 is 4.98. The van der Waals surface area contributed by atoms with Crippen molar-refractivity contribution >= 4 is 17.3 Å². The molecule has 78 valence electrons. The van der Waals surface area contributed by atoms with Crippen LogP contribution in [-0.2, 0) is 4.74 Å². The van der Waals surface area contributed by atoms with E-state index in [9.17, 15) is 5.11 Å². The molecule has 0 aromatic heterocycles. The zero-order chi connectivity index (χ0) is 10.6. The second-order valence-corrected chi connectivity index (χ2v) is 3.57. The molecule has 0 fully saturated rings. The molecule has 1 unspecified atom stereocenters. The Morgan fingerprint density at radius 2 is 2.29 bits per heavy atom. The monoisotopic (exact) mass is 215 g/mol. The first-order valence-corrected chi connectivity index (χ1v) is 4.75. The highest BCUT2D eigenvalue weighted by atomic mass is 35.5. The molecule has 2 N–H and O–H groups in total. The van der Waals surface area contributed by atoms with Crippen LogP contribution >= 0.6 is 11.6 Å². The van der Waals surface area contributed by atoms with Crippen molar-refractivity contribution in [3.8, 4) is 5.75 Å². The van der Waals surface area contributed by atoms with Gasteiger partial charge in [0, 0.05) is 18.8 Å². The average Bonchev–Trinajstić information content (AvgIpc) is 2.12. The van der Waals surface area contributed by atoms with Gasteiger partial charge in [-0.1, -0.05) is 11.6 Å². The molecule has 0 bridgehead atoms. The second-order valence-electron chi connectivity index (χ2n) is 3.17. The van der Waals surface area contributed by atoms with Crippen LogP contribution in [0.4, 0.5) is 5.69 Å². The van der Waals surface area contributed by atoms with Gasteiger partial charge < -0.3 is 15.2 Å². The fourth-order valence-corrected chi connectivity index (χ4v) is 1.35. The van der Waals surface area contributed by atoms with E-state index < -0.39 is 0 Å². The maximum Gasteiger partial charge on any atom is 0.134 e. The molecule has 0 heterocycles. The molecule has 1 aromatic rings. The van der Waals surface area contributed by atoms with E-state index in [0.717, 1.165) is 5.69 Å². The van der Waals surface area contributed by atoms with Crippen LogP contribution in [0.25, 0.3) is 0 Å².